The smallest absolute Gasteiger partial charge is 0.0626 e. The quantitative estimate of drug-likeness (QED) is 0.645. The molecule has 2 nitrogen and oxygen atoms in total. The zero-order chi connectivity index (χ0) is 13.4. The fraction of sp³-hybridized carbons (Fsp3) is 1.00. The van der Waals surface area contributed by atoms with Crippen LogP contribution in [0.25, 0.3) is 0 Å². The van der Waals surface area contributed by atoms with Gasteiger partial charge < -0.3 is 9.47 Å². The molecule has 1 rings (SSSR count). The summed E-state index contributed by atoms with van der Waals surface area (Å²) in [6.45, 7) is 5.46. The molecule has 2 heteroatoms. The standard InChI is InChI=1S/C16H32O2/c1-5-13(2)11-16(18-4)15(12-17-3)14-9-7-6-8-10-14/h13-16H,5-12H2,1-4H3. The molecular weight excluding hydrogens is 224 g/mol. The summed E-state index contributed by atoms with van der Waals surface area (Å²) in [5.74, 6) is 2.15. The summed E-state index contributed by atoms with van der Waals surface area (Å²) in [4.78, 5) is 0. The van der Waals surface area contributed by atoms with E-state index < -0.39 is 0 Å². The lowest BCUT2D eigenvalue weighted by Crippen LogP contribution is -2.35. The summed E-state index contributed by atoms with van der Waals surface area (Å²) in [5.41, 5.74) is 0. The summed E-state index contributed by atoms with van der Waals surface area (Å²) in [6, 6.07) is 0. The van der Waals surface area contributed by atoms with E-state index in [1.807, 2.05) is 14.2 Å². The Bertz CT molecular complexity index is 199. The molecule has 18 heavy (non-hydrogen) atoms. The Balaban J connectivity index is 2.60. The van der Waals surface area contributed by atoms with Crippen molar-refractivity contribution < 1.29 is 9.47 Å². The Hall–Kier alpha value is -0.0800. The molecule has 0 saturated heterocycles. The Morgan fingerprint density at radius 1 is 1.11 bits per heavy atom. The van der Waals surface area contributed by atoms with Gasteiger partial charge in [0, 0.05) is 20.1 Å². The van der Waals surface area contributed by atoms with Crippen LogP contribution in [0.15, 0.2) is 0 Å². The van der Waals surface area contributed by atoms with Gasteiger partial charge in [0.25, 0.3) is 0 Å². The highest BCUT2D eigenvalue weighted by Crippen LogP contribution is 2.34. The Morgan fingerprint density at radius 3 is 2.28 bits per heavy atom. The van der Waals surface area contributed by atoms with E-state index >= 15 is 0 Å². The molecule has 0 aromatic rings. The molecule has 0 radical (unpaired) electrons. The van der Waals surface area contributed by atoms with Crippen LogP contribution in [0.3, 0.4) is 0 Å². The molecule has 0 N–H and O–H groups in total. The zero-order valence-corrected chi connectivity index (χ0v) is 12.8. The van der Waals surface area contributed by atoms with E-state index in [2.05, 4.69) is 13.8 Å². The van der Waals surface area contributed by atoms with Crippen LogP contribution in [0.2, 0.25) is 0 Å². The SMILES string of the molecule is CCC(C)CC(OC)C(COC)C1CCCCC1. The third kappa shape index (κ3) is 4.89. The van der Waals surface area contributed by atoms with Crippen molar-refractivity contribution in [2.45, 2.75) is 64.9 Å². The average molecular weight is 256 g/mol. The number of ether oxygens (including phenoxy) is 2. The lowest BCUT2D eigenvalue weighted by molar-refractivity contribution is -0.0302. The van der Waals surface area contributed by atoms with Gasteiger partial charge in [0.1, 0.15) is 0 Å². The van der Waals surface area contributed by atoms with Crippen LogP contribution in [-0.4, -0.2) is 26.9 Å². The highest BCUT2D eigenvalue weighted by molar-refractivity contribution is 4.81. The minimum Gasteiger partial charge on any atom is -0.384 e. The van der Waals surface area contributed by atoms with E-state index in [9.17, 15) is 0 Å². The molecule has 108 valence electrons. The van der Waals surface area contributed by atoms with Crippen molar-refractivity contribution in [3.8, 4) is 0 Å². The molecule has 1 aliphatic rings. The van der Waals surface area contributed by atoms with Gasteiger partial charge in [0.15, 0.2) is 0 Å². The molecule has 0 aromatic heterocycles. The van der Waals surface area contributed by atoms with Crippen molar-refractivity contribution in [1.82, 2.24) is 0 Å². The monoisotopic (exact) mass is 256 g/mol. The lowest BCUT2D eigenvalue weighted by Gasteiger charge is -2.35. The van der Waals surface area contributed by atoms with Crippen LogP contribution in [-0.2, 0) is 9.47 Å². The summed E-state index contributed by atoms with van der Waals surface area (Å²) in [6.07, 6.45) is 9.74. The van der Waals surface area contributed by atoms with Crippen molar-refractivity contribution in [2.24, 2.45) is 17.8 Å². The first kappa shape index (κ1) is 16.0. The first-order valence-electron chi connectivity index (χ1n) is 7.74. The molecule has 0 heterocycles. The van der Waals surface area contributed by atoms with Crippen molar-refractivity contribution in [3.63, 3.8) is 0 Å². The van der Waals surface area contributed by atoms with E-state index in [0.29, 0.717) is 12.0 Å². The number of hydrogen-bond donors (Lipinski definition) is 0. The van der Waals surface area contributed by atoms with E-state index in [0.717, 1.165) is 18.4 Å². The van der Waals surface area contributed by atoms with Gasteiger partial charge in [-0.3, -0.25) is 0 Å². The predicted octanol–water partition coefficient (Wildman–Crippen LogP) is 4.28. The van der Waals surface area contributed by atoms with Gasteiger partial charge in [-0.25, -0.2) is 0 Å². The molecule has 1 aliphatic carbocycles. The minimum atomic E-state index is 0.378. The maximum Gasteiger partial charge on any atom is 0.0626 e. The van der Waals surface area contributed by atoms with Crippen molar-refractivity contribution in [1.29, 1.82) is 0 Å². The van der Waals surface area contributed by atoms with Crippen LogP contribution in [0.1, 0.15) is 58.8 Å². The molecule has 0 amide bonds. The second-order valence-corrected chi connectivity index (χ2v) is 6.04. The van der Waals surface area contributed by atoms with Crippen LogP contribution >= 0.6 is 0 Å². The highest BCUT2D eigenvalue weighted by atomic mass is 16.5. The van der Waals surface area contributed by atoms with Crippen molar-refractivity contribution in [3.05, 3.63) is 0 Å². The van der Waals surface area contributed by atoms with Crippen LogP contribution in [0, 0.1) is 17.8 Å². The Labute approximate surface area is 113 Å². The second-order valence-electron chi connectivity index (χ2n) is 6.04. The molecule has 0 aromatic carbocycles. The largest absolute Gasteiger partial charge is 0.384 e. The van der Waals surface area contributed by atoms with Gasteiger partial charge >= 0.3 is 0 Å². The number of methoxy groups -OCH3 is 2. The third-order valence-corrected chi connectivity index (χ3v) is 4.73. The van der Waals surface area contributed by atoms with Crippen LogP contribution in [0.5, 0.6) is 0 Å². The van der Waals surface area contributed by atoms with Crippen molar-refractivity contribution in [2.75, 3.05) is 20.8 Å². The molecule has 3 atom stereocenters. The summed E-state index contributed by atoms with van der Waals surface area (Å²) in [5, 5.41) is 0. The fourth-order valence-electron chi connectivity index (χ4n) is 3.31. The summed E-state index contributed by atoms with van der Waals surface area (Å²) >= 11 is 0. The lowest BCUT2D eigenvalue weighted by atomic mass is 9.76. The van der Waals surface area contributed by atoms with E-state index in [-0.39, 0.29) is 0 Å². The molecule has 0 spiro atoms. The normalized spacial score (nSPS) is 22.7. The zero-order valence-electron chi connectivity index (χ0n) is 12.8. The van der Waals surface area contributed by atoms with E-state index in [1.54, 1.807) is 0 Å². The van der Waals surface area contributed by atoms with Gasteiger partial charge in [-0.2, -0.15) is 0 Å². The molecule has 0 bridgehead atoms. The first-order valence-corrected chi connectivity index (χ1v) is 7.74. The Morgan fingerprint density at radius 2 is 1.78 bits per heavy atom. The van der Waals surface area contributed by atoms with Gasteiger partial charge in [-0.15, -0.1) is 0 Å². The fourth-order valence-corrected chi connectivity index (χ4v) is 3.31. The van der Waals surface area contributed by atoms with Crippen molar-refractivity contribution >= 4 is 0 Å². The average Bonchev–Trinajstić information content (AvgIpc) is 2.43. The topological polar surface area (TPSA) is 18.5 Å². The molecular formula is C16H32O2. The van der Waals surface area contributed by atoms with Gasteiger partial charge in [-0.05, 0) is 18.3 Å². The summed E-state index contributed by atoms with van der Waals surface area (Å²) in [7, 11) is 3.70. The molecule has 1 fully saturated rings. The molecule has 1 saturated carbocycles. The summed E-state index contributed by atoms with van der Waals surface area (Å²) < 4.78 is 11.3. The molecule has 3 unspecified atom stereocenters. The maximum absolute atomic E-state index is 5.81. The first-order chi connectivity index (χ1) is 8.72. The predicted molar refractivity (Wildman–Crippen MR) is 76.8 cm³/mol. The Kier molecular flexibility index (Phi) is 7.92. The third-order valence-electron chi connectivity index (χ3n) is 4.73. The highest BCUT2D eigenvalue weighted by Gasteiger charge is 2.31. The maximum atomic E-state index is 5.81. The van der Waals surface area contributed by atoms with E-state index in [1.165, 1.54) is 44.9 Å². The number of hydrogen-bond acceptors (Lipinski definition) is 2. The van der Waals surface area contributed by atoms with Gasteiger partial charge in [0.2, 0.25) is 0 Å². The van der Waals surface area contributed by atoms with E-state index in [4.69, 9.17) is 9.47 Å². The molecule has 0 aliphatic heterocycles. The van der Waals surface area contributed by atoms with Crippen LogP contribution in [0.4, 0.5) is 0 Å². The van der Waals surface area contributed by atoms with Gasteiger partial charge in [-0.1, -0.05) is 52.4 Å². The number of rotatable bonds is 8. The minimum absolute atomic E-state index is 0.378. The van der Waals surface area contributed by atoms with Crippen LogP contribution < -0.4 is 0 Å². The van der Waals surface area contributed by atoms with Gasteiger partial charge in [0.05, 0.1) is 12.7 Å². The second kappa shape index (κ2) is 8.92.